The minimum atomic E-state index is -0.138. The molecule has 6 nitrogen and oxygen atoms in total. The third kappa shape index (κ3) is 5.99. The van der Waals surface area contributed by atoms with Crippen molar-refractivity contribution in [1.82, 2.24) is 19.3 Å². The summed E-state index contributed by atoms with van der Waals surface area (Å²) in [4.78, 5) is 4.73. The van der Waals surface area contributed by atoms with E-state index in [1.807, 2.05) is 12.1 Å². The van der Waals surface area contributed by atoms with Gasteiger partial charge in [0.25, 0.3) is 0 Å². The fourth-order valence-corrected chi connectivity index (χ4v) is 7.97. The van der Waals surface area contributed by atoms with Crippen LogP contribution in [0.5, 0.6) is 17.2 Å². The van der Waals surface area contributed by atoms with Gasteiger partial charge in [-0.3, -0.25) is 4.57 Å². The molecule has 0 saturated carbocycles. The molecule has 0 amide bonds. The summed E-state index contributed by atoms with van der Waals surface area (Å²) >= 11 is 0. The average molecular weight is 667 g/mol. The number of pyridine rings is 1. The van der Waals surface area contributed by atoms with Gasteiger partial charge in [-0.25, -0.2) is 9.67 Å². The number of hydrogen-bond donors (Lipinski definition) is 0. The van der Waals surface area contributed by atoms with Gasteiger partial charge in [0, 0.05) is 57.5 Å². The van der Waals surface area contributed by atoms with E-state index in [1.54, 1.807) is 13.3 Å². The molecular weight excluding hydrogens is 617 g/mol. The summed E-state index contributed by atoms with van der Waals surface area (Å²) in [7, 11) is 1.68. The number of allylic oxidation sites excluding steroid dienone is 2. The molecule has 0 fully saturated rings. The highest BCUT2D eigenvalue weighted by molar-refractivity contribution is 6.09. The zero-order chi connectivity index (χ0) is 35.5. The van der Waals surface area contributed by atoms with Gasteiger partial charge in [0.1, 0.15) is 23.1 Å². The molecule has 6 aromatic rings. The van der Waals surface area contributed by atoms with Crippen molar-refractivity contribution in [2.45, 2.75) is 91.9 Å². The molecule has 2 atom stereocenters. The zero-order valence-corrected chi connectivity index (χ0v) is 31.3. The van der Waals surface area contributed by atoms with E-state index in [-0.39, 0.29) is 10.8 Å². The molecule has 0 aliphatic heterocycles. The van der Waals surface area contributed by atoms with Crippen molar-refractivity contribution in [3.8, 4) is 28.8 Å². The number of ether oxygens (including phenoxy) is 2. The quantitative estimate of drug-likeness (QED) is 0.166. The van der Waals surface area contributed by atoms with Crippen molar-refractivity contribution < 1.29 is 9.47 Å². The van der Waals surface area contributed by atoms with Gasteiger partial charge >= 0.3 is 0 Å². The molecule has 0 N–H and O–H groups in total. The minimum absolute atomic E-state index is 0.118. The second-order valence-electron chi connectivity index (χ2n) is 16.2. The summed E-state index contributed by atoms with van der Waals surface area (Å²) in [5, 5.41) is 7.79. The number of para-hydroxylation sites is 1. The first-order valence-electron chi connectivity index (χ1n) is 17.9. The Balaban J connectivity index is 1.37. The van der Waals surface area contributed by atoms with Crippen molar-refractivity contribution in [2.75, 3.05) is 7.11 Å². The highest BCUT2D eigenvalue weighted by atomic mass is 16.5. The van der Waals surface area contributed by atoms with Crippen molar-refractivity contribution in [2.24, 2.45) is 5.92 Å². The molecule has 0 radical (unpaired) electrons. The van der Waals surface area contributed by atoms with E-state index in [0.717, 1.165) is 62.5 Å². The third-order valence-corrected chi connectivity index (χ3v) is 10.1. The average Bonchev–Trinajstić information content (AvgIpc) is 3.62. The van der Waals surface area contributed by atoms with Gasteiger partial charge in [0.15, 0.2) is 0 Å². The van der Waals surface area contributed by atoms with Crippen LogP contribution in [0.4, 0.5) is 0 Å². The van der Waals surface area contributed by atoms with E-state index >= 15 is 0 Å². The first-order valence-corrected chi connectivity index (χ1v) is 17.9. The summed E-state index contributed by atoms with van der Waals surface area (Å²) in [5.74, 6) is 3.98. The molecule has 6 heteroatoms. The summed E-state index contributed by atoms with van der Waals surface area (Å²) < 4.78 is 16.7. The first kappa shape index (κ1) is 33.6. The standard InChI is InChI=1S/C44H50N4O2/c1-27-22-30(48-42(44(7,8)9)40(41(46-48)43(4,5)6)39-28(2)14-13-15-29(39)3)24-33(23-27)50-32-18-19-35-34-16-11-12-17-36(34)47(37(35)25-32)38-26-31(49-10)20-21-45-38/h11-12,14,16-26,29,39H,13,15H2,1-10H3/t29-,39?/m0/s1. The molecule has 3 aromatic heterocycles. The van der Waals surface area contributed by atoms with Crippen LogP contribution >= 0.6 is 0 Å². The van der Waals surface area contributed by atoms with Gasteiger partial charge in [0.2, 0.25) is 0 Å². The van der Waals surface area contributed by atoms with Crippen LogP contribution in [-0.4, -0.2) is 26.4 Å². The Morgan fingerprint density at radius 3 is 2.26 bits per heavy atom. The smallest absolute Gasteiger partial charge is 0.141 e. The molecule has 258 valence electrons. The van der Waals surface area contributed by atoms with Gasteiger partial charge in [-0.1, -0.05) is 78.3 Å². The molecule has 1 unspecified atom stereocenters. The fourth-order valence-electron chi connectivity index (χ4n) is 7.97. The molecule has 7 rings (SSSR count). The topological polar surface area (TPSA) is 54.1 Å². The second kappa shape index (κ2) is 12.5. The first-order chi connectivity index (χ1) is 23.7. The highest BCUT2D eigenvalue weighted by Gasteiger charge is 2.39. The van der Waals surface area contributed by atoms with Crippen LogP contribution in [-0.2, 0) is 10.8 Å². The van der Waals surface area contributed by atoms with Gasteiger partial charge in [-0.05, 0) is 74.6 Å². The molecule has 0 bridgehead atoms. The number of methoxy groups -OCH3 is 1. The van der Waals surface area contributed by atoms with Crippen molar-refractivity contribution in [3.63, 3.8) is 0 Å². The van der Waals surface area contributed by atoms with Gasteiger partial charge in [-0.2, -0.15) is 5.10 Å². The van der Waals surface area contributed by atoms with Gasteiger partial charge in [0.05, 0.1) is 35.2 Å². The SMILES string of the molecule is COc1ccnc(-n2c3ccccc3c3ccc(Oc4cc(C)cc(-n5nc(C(C)(C)C)c(C6C(C)=CCC[C@@H]6C)c5C(C)(C)C)c4)cc32)c1. The van der Waals surface area contributed by atoms with Crippen molar-refractivity contribution in [3.05, 3.63) is 113 Å². The zero-order valence-electron chi connectivity index (χ0n) is 31.3. The largest absolute Gasteiger partial charge is 0.497 e. The van der Waals surface area contributed by atoms with Gasteiger partial charge < -0.3 is 9.47 Å². The molecule has 0 saturated heterocycles. The van der Waals surface area contributed by atoms with E-state index in [0.29, 0.717) is 11.8 Å². The number of rotatable bonds is 6. The monoisotopic (exact) mass is 666 g/mol. The lowest BCUT2D eigenvalue weighted by molar-refractivity contribution is 0.414. The fraction of sp³-hybridized carbons (Fsp3) is 0.364. The lowest BCUT2D eigenvalue weighted by Crippen LogP contribution is -2.25. The summed E-state index contributed by atoms with van der Waals surface area (Å²) in [6, 6.07) is 25.1. The van der Waals surface area contributed by atoms with E-state index in [9.17, 15) is 0 Å². The Morgan fingerprint density at radius 2 is 1.54 bits per heavy atom. The lowest BCUT2D eigenvalue weighted by atomic mass is 9.70. The normalized spacial score (nSPS) is 17.0. The van der Waals surface area contributed by atoms with Crippen LogP contribution in [0.2, 0.25) is 0 Å². The molecule has 0 spiro atoms. The molecular formula is C44H50N4O2. The molecule has 50 heavy (non-hydrogen) atoms. The van der Waals surface area contributed by atoms with Crippen LogP contribution in [0.3, 0.4) is 0 Å². The third-order valence-electron chi connectivity index (χ3n) is 10.1. The van der Waals surface area contributed by atoms with Crippen molar-refractivity contribution >= 4 is 21.8 Å². The predicted octanol–water partition coefficient (Wildman–Crippen LogP) is 11.5. The Labute approximate surface area is 296 Å². The Bertz CT molecular complexity index is 2260. The number of nitrogens with zero attached hydrogens (tertiary/aromatic N) is 4. The van der Waals surface area contributed by atoms with E-state index in [4.69, 9.17) is 19.6 Å². The van der Waals surface area contributed by atoms with Crippen LogP contribution < -0.4 is 9.47 Å². The number of aromatic nitrogens is 4. The molecule has 1 aliphatic rings. The maximum atomic E-state index is 6.73. The van der Waals surface area contributed by atoms with E-state index in [1.165, 1.54) is 28.9 Å². The summed E-state index contributed by atoms with van der Waals surface area (Å²) in [5.41, 5.74) is 9.30. The minimum Gasteiger partial charge on any atom is -0.497 e. The molecule has 3 aromatic carbocycles. The summed E-state index contributed by atoms with van der Waals surface area (Å²) in [6.07, 6.45) is 6.57. The lowest BCUT2D eigenvalue weighted by Gasteiger charge is -2.34. The number of benzene rings is 3. The molecule has 1 aliphatic carbocycles. The van der Waals surface area contributed by atoms with Crippen molar-refractivity contribution in [1.29, 1.82) is 0 Å². The van der Waals surface area contributed by atoms with E-state index in [2.05, 4.69) is 138 Å². The number of hydrogen-bond acceptors (Lipinski definition) is 4. The maximum Gasteiger partial charge on any atom is 0.141 e. The predicted molar refractivity (Wildman–Crippen MR) is 206 cm³/mol. The van der Waals surface area contributed by atoms with E-state index < -0.39 is 0 Å². The molecule has 3 heterocycles. The van der Waals surface area contributed by atoms with Crippen LogP contribution in [0.15, 0.2) is 90.6 Å². The van der Waals surface area contributed by atoms with Crippen LogP contribution in [0.1, 0.15) is 96.7 Å². The Morgan fingerprint density at radius 1 is 0.780 bits per heavy atom. The summed E-state index contributed by atoms with van der Waals surface area (Å²) in [6.45, 7) is 20.7. The van der Waals surface area contributed by atoms with Gasteiger partial charge in [-0.15, -0.1) is 0 Å². The highest BCUT2D eigenvalue weighted by Crippen LogP contribution is 2.47. The second-order valence-corrected chi connectivity index (χ2v) is 16.2. The van der Waals surface area contributed by atoms with Crippen LogP contribution in [0, 0.1) is 12.8 Å². The Hall–Kier alpha value is -4.84. The number of aryl methyl sites for hydroxylation is 1. The van der Waals surface area contributed by atoms with Crippen LogP contribution in [0.25, 0.3) is 33.3 Å². The Kier molecular flexibility index (Phi) is 8.40. The number of fused-ring (bicyclic) bond motifs is 3. The maximum absolute atomic E-state index is 6.73.